The first-order valence-electron chi connectivity index (χ1n) is 10.7. The molecule has 3 aromatic carbocycles. The normalized spacial score (nSPS) is 11.0. The molecule has 174 valence electrons. The number of aryl methyl sites for hydroxylation is 1. The van der Waals surface area contributed by atoms with Gasteiger partial charge >= 0.3 is 5.97 Å². The van der Waals surface area contributed by atoms with Crippen molar-refractivity contribution in [2.75, 3.05) is 7.11 Å². The van der Waals surface area contributed by atoms with Gasteiger partial charge in [-0.3, -0.25) is 4.79 Å². The number of carboxylic acid groups (broad SMARTS) is 1. The van der Waals surface area contributed by atoms with Crippen LogP contribution in [-0.2, 0) is 22.6 Å². The number of carboxylic acids is 1. The van der Waals surface area contributed by atoms with E-state index in [0.717, 1.165) is 5.56 Å². The molecule has 34 heavy (non-hydrogen) atoms. The minimum atomic E-state index is -0.910. The average molecular weight is 464 g/mol. The Kier molecular flexibility index (Phi) is 7.08. The number of methoxy groups -OCH3 is 1. The van der Waals surface area contributed by atoms with Gasteiger partial charge in [0.1, 0.15) is 11.6 Å². The molecule has 6 nitrogen and oxygen atoms in total. The van der Waals surface area contributed by atoms with Crippen LogP contribution in [0.15, 0.2) is 65.2 Å². The van der Waals surface area contributed by atoms with Crippen LogP contribution < -0.4 is 0 Å². The van der Waals surface area contributed by atoms with Gasteiger partial charge in [-0.05, 0) is 53.8 Å². The second-order valence-corrected chi connectivity index (χ2v) is 7.76. The molecule has 0 aliphatic carbocycles. The highest BCUT2D eigenvalue weighted by molar-refractivity contribution is 5.72. The number of rotatable bonds is 9. The zero-order valence-corrected chi connectivity index (χ0v) is 18.4. The standard InChI is InChI=1S/C26H22F2N2O4/c1-33-15-19-13-18(11-12-20(19)21-6-2-3-7-22(21)27)26-29-25(30-34-26)17-10-9-16(23(28)14-17)5-4-8-24(31)32/h2-3,6-7,9-14H,4-5,8,15H2,1H3,(H,31,32). The van der Waals surface area contributed by atoms with Crippen LogP contribution in [0.3, 0.4) is 0 Å². The maximum atomic E-state index is 14.5. The van der Waals surface area contributed by atoms with E-state index in [-0.39, 0.29) is 30.6 Å². The molecule has 4 aromatic rings. The van der Waals surface area contributed by atoms with E-state index in [2.05, 4.69) is 10.1 Å². The Hall–Kier alpha value is -3.91. The molecule has 0 bridgehead atoms. The van der Waals surface area contributed by atoms with E-state index < -0.39 is 11.8 Å². The van der Waals surface area contributed by atoms with Gasteiger partial charge in [-0.15, -0.1) is 0 Å². The summed E-state index contributed by atoms with van der Waals surface area (Å²) in [4.78, 5) is 15.0. The minimum Gasteiger partial charge on any atom is -0.481 e. The lowest BCUT2D eigenvalue weighted by molar-refractivity contribution is -0.137. The third-order valence-corrected chi connectivity index (χ3v) is 5.39. The lowest BCUT2D eigenvalue weighted by Gasteiger charge is -2.11. The number of carbonyl (C=O) groups is 1. The van der Waals surface area contributed by atoms with Crippen molar-refractivity contribution in [2.45, 2.75) is 25.9 Å². The Bertz CT molecular complexity index is 1320. The number of aromatic nitrogens is 2. The van der Waals surface area contributed by atoms with Crippen molar-refractivity contribution in [3.8, 4) is 34.0 Å². The van der Waals surface area contributed by atoms with E-state index in [4.69, 9.17) is 14.4 Å². The average Bonchev–Trinajstić information content (AvgIpc) is 3.31. The fourth-order valence-electron chi connectivity index (χ4n) is 3.72. The molecule has 0 unspecified atom stereocenters. The summed E-state index contributed by atoms with van der Waals surface area (Å²) in [6, 6.07) is 16.4. The highest BCUT2D eigenvalue weighted by Gasteiger charge is 2.16. The van der Waals surface area contributed by atoms with Crippen molar-refractivity contribution < 1.29 is 27.9 Å². The molecule has 0 aliphatic rings. The molecule has 0 saturated heterocycles. The first-order chi connectivity index (χ1) is 16.5. The Morgan fingerprint density at radius 3 is 2.50 bits per heavy atom. The second kappa shape index (κ2) is 10.4. The number of nitrogens with zero attached hydrogens (tertiary/aromatic N) is 2. The van der Waals surface area contributed by atoms with Crippen molar-refractivity contribution in [2.24, 2.45) is 0 Å². The summed E-state index contributed by atoms with van der Waals surface area (Å²) in [5, 5.41) is 12.7. The Balaban J connectivity index is 1.59. The molecule has 4 rings (SSSR count). The van der Waals surface area contributed by atoms with Crippen molar-refractivity contribution >= 4 is 5.97 Å². The summed E-state index contributed by atoms with van der Waals surface area (Å²) in [6.45, 7) is 0.257. The zero-order valence-electron chi connectivity index (χ0n) is 18.4. The summed E-state index contributed by atoms with van der Waals surface area (Å²) in [5.41, 5.74) is 3.41. The van der Waals surface area contributed by atoms with Gasteiger partial charge in [-0.1, -0.05) is 41.6 Å². The lowest BCUT2D eigenvalue weighted by atomic mass is 9.97. The molecule has 1 heterocycles. The van der Waals surface area contributed by atoms with Crippen molar-refractivity contribution in [3.63, 3.8) is 0 Å². The first kappa shape index (κ1) is 23.3. The van der Waals surface area contributed by atoms with Crippen LogP contribution in [0.1, 0.15) is 24.0 Å². The van der Waals surface area contributed by atoms with E-state index in [1.165, 1.54) is 12.1 Å². The molecular formula is C26H22F2N2O4. The Morgan fingerprint density at radius 2 is 1.76 bits per heavy atom. The number of halogens is 2. The van der Waals surface area contributed by atoms with Gasteiger partial charge in [0.2, 0.25) is 5.82 Å². The quantitative estimate of drug-likeness (QED) is 0.332. The van der Waals surface area contributed by atoms with Gasteiger partial charge in [0.05, 0.1) is 6.61 Å². The van der Waals surface area contributed by atoms with E-state index in [0.29, 0.717) is 40.7 Å². The van der Waals surface area contributed by atoms with Crippen molar-refractivity contribution in [3.05, 3.63) is 83.4 Å². The summed E-state index contributed by atoms with van der Waals surface area (Å²) >= 11 is 0. The summed E-state index contributed by atoms with van der Waals surface area (Å²) in [6.07, 6.45) is 0.660. The molecule has 0 spiro atoms. The number of ether oxygens (including phenoxy) is 1. The van der Waals surface area contributed by atoms with Gasteiger partial charge in [-0.2, -0.15) is 4.98 Å². The molecule has 8 heteroatoms. The van der Waals surface area contributed by atoms with Gasteiger partial charge < -0.3 is 14.4 Å². The molecular weight excluding hydrogens is 442 g/mol. The number of hydrogen-bond donors (Lipinski definition) is 1. The molecule has 1 N–H and O–H groups in total. The molecule has 0 aliphatic heterocycles. The SMILES string of the molecule is COCc1cc(-c2nc(-c3ccc(CCCC(=O)O)c(F)c3)no2)ccc1-c1ccccc1F. The molecule has 0 radical (unpaired) electrons. The fourth-order valence-corrected chi connectivity index (χ4v) is 3.72. The van der Waals surface area contributed by atoms with E-state index in [1.807, 2.05) is 0 Å². The molecule has 0 fully saturated rings. The predicted molar refractivity (Wildman–Crippen MR) is 122 cm³/mol. The molecule has 0 saturated carbocycles. The van der Waals surface area contributed by atoms with Crippen molar-refractivity contribution in [1.82, 2.24) is 10.1 Å². The second-order valence-electron chi connectivity index (χ2n) is 7.76. The topological polar surface area (TPSA) is 85.5 Å². The predicted octanol–water partition coefficient (Wildman–Crippen LogP) is 5.90. The van der Waals surface area contributed by atoms with Crippen LogP contribution in [0, 0.1) is 11.6 Å². The zero-order chi connectivity index (χ0) is 24.1. The van der Waals surface area contributed by atoms with Gasteiger partial charge in [0.15, 0.2) is 0 Å². The smallest absolute Gasteiger partial charge is 0.303 e. The lowest BCUT2D eigenvalue weighted by Crippen LogP contribution is -1.98. The fraction of sp³-hybridized carbons (Fsp3) is 0.192. The Labute approximate surface area is 194 Å². The van der Waals surface area contributed by atoms with Crippen LogP contribution in [0.5, 0.6) is 0 Å². The number of benzene rings is 3. The van der Waals surface area contributed by atoms with E-state index in [9.17, 15) is 13.6 Å². The van der Waals surface area contributed by atoms with Crippen LogP contribution >= 0.6 is 0 Å². The van der Waals surface area contributed by atoms with E-state index in [1.54, 1.807) is 55.6 Å². The molecule has 1 aromatic heterocycles. The molecule has 0 atom stereocenters. The first-order valence-corrected chi connectivity index (χ1v) is 10.7. The monoisotopic (exact) mass is 464 g/mol. The van der Waals surface area contributed by atoms with Crippen LogP contribution in [0.2, 0.25) is 0 Å². The number of hydrogen-bond acceptors (Lipinski definition) is 5. The van der Waals surface area contributed by atoms with Crippen LogP contribution in [0.25, 0.3) is 34.0 Å². The Morgan fingerprint density at radius 1 is 0.971 bits per heavy atom. The number of aliphatic carboxylic acids is 1. The highest BCUT2D eigenvalue weighted by atomic mass is 19.1. The maximum Gasteiger partial charge on any atom is 0.303 e. The third kappa shape index (κ3) is 5.18. The summed E-state index contributed by atoms with van der Waals surface area (Å²) in [5.74, 6) is -1.24. The molecule has 0 amide bonds. The van der Waals surface area contributed by atoms with Gasteiger partial charge in [0.25, 0.3) is 5.89 Å². The third-order valence-electron chi connectivity index (χ3n) is 5.39. The highest BCUT2D eigenvalue weighted by Crippen LogP contribution is 2.31. The minimum absolute atomic E-state index is 0.0177. The summed E-state index contributed by atoms with van der Waals surface area (Å²) in [7, 11) is 1.56. The largest absolute Gasteiger partial charge is 0.481 e. The van der Waals surface area contributed by atoms with Gasteiger partial charge in [-0.25, -0.2) is 8.78 Å². The van der Waals surface area contributed by atoms with Crippen molar-refractivity contribution in [1.29, 1.82) is 0 Å². The van der Waals surface area contributed by atoms with E-state index >= 15 is 0 Å². The maximum absolute atomic E-state index is 14.5. The van der Waals surface area contributed by atoms with Gasteiger partial charge in [0, 0.05) is 30.2 Å². The van der Waals surface area contributed by atoms with Crippen LogP contribution in [-0.4, -0.2) is 28.3 Å². The van der Waals surface area contributed by atoms with Crippen LogP contribution in [0.4, 0.5) is 8.78 Å². The summed E-state index contributed by atoms with van der Waals surface area (Å²) < 4.78 is 39.5.